The largest absolute Gasteiger partial charge is 0.360 e. The zero-order valence-corrected chi connectivity index (χ0v) is 20.6. The highest BCUT2D eigenvalue weighted by atomic mass is 32.2. The molecule has 1 aliphatic heterocycles. The molecule has 1 heterocycles. The number of sulfonamides is 2. The topological polar surface area (TPSA) is 108 Å². The van der Waals surface area contributed by atoms with E-state index < -0.39 is 20.0 Å². The third kappa shape index (κ3) is 5.70. The van der Waals surface area contributed by atoms with Gasteiger partial charge in [-0.05, 0) is 47.5 Å². The van der Waals surface area contributed by atoms with E-state index in [-0.39, 0.29) is 6.17 Å². The second-order valence-electron chi connectivity index (χ2n) is 8.21. The average molecular weight is 499 g/mol. The fourth-order valence-electron chi connectivity index (χ4n) is 3.80. The van der Waals surface area contributed by atoms with E-state index in [4.69, 9.17) is 0 Å². The number of fused-ring (bicyclic) bond motifs is 1. The Hall–Kier alpha value is -3.50. The Kier molecular flexibility index (Phi) is 6.28. The lowest BCUT2D eigenvalue weighted by atomic mass is 10.0. The van der Waals surface area contributed by atoms with Crippen LogP contribution in [0.5, 0.6) is 0 Å². The van der Waals surface area contributed by atoms with E-state index in [0.717, 1.165) is 40.6 Å². The highest BCUT2D eigenvalue weighted by Gasteiger charge is 2.24. The number of nitrogens with zero attached hydrogens (tertiary/aromatic N) is 1. The molecule has 178 valence electrons. The number of nitrogens with one attached hydrogen (secondary N) is 3. The van der Waals surface area contributed by atoms with Gasteiger partial charge < -0.3 is 10.2 Å². The van der Waals surface area contributed by atoms with Gasteiger partial charge in [0.05, 0.1) is 29.6 Å². The van der Waals surface area contributed by atoms with Gasteiger partial charge >= 0.3 is 0 Å². The molecular weight excluding hydrogens is 472 g/mol. The maximum Gasteiger partial charge on any atom is 0.229 e. The number of likely N-dealkylation sites (N-methyl/N-ethyl adjacent to an activating group) is 1. The van der Waals surface area contributed by atoms with Gasteiger partial charge in [0.2, 0.25) is 20.0 Å². The van der Waals surface area contributed by atoms with Gasteiger partial charge in [-0.25, -0.2) is 16.8 Å². The van der Waals surface area contributed by atoms with Crippen molar-refractivity contribution in [3.8, 4) is 11.1 Å². The minimum Gasteiger partial charge on any atom is -0.360 e. The van der Waals surface area contributed by atoms with Gasteiger partial charge in [-0.1, -0.05) is 42.5 Å². The lowest BCUT2D eigenvalue weighted by Crippen LogP contribution is -2.29. The molecule has 3 aromatic rings. The first-order valence-corrected chi connectivity index (χ1v) is 14.2. The number of hydrogen-bond acceptors (Lipinski definition) is 6. The van der Waals surface area contributed by atoms with Crippen molar-refractivity contribution in [3.05, 3.63) is 78.4 Å². The summed E-state index contributed by atoms with van der Waals surface area (Å²) >= 11 is 0. The minimum absolute atomic E-state index is 0.0801. The molecule has 0 aromatic heterocycles. The van der Waals surface area contributed by atoms with E-state index in [0.29, 0.717) is 11.4 Å². The Morgan fingerprint density at radius 3 is 2.24 bits per heavy atom. The van der Waals surface area contributed by atoms with Crippen molar-refractivity contribution >= 4 is 48.9 Å². The molecule has 0 spiro atoms. The first-order chi connectivity index (χ1) is 16.0. The molecule has 3 N–H and O–H groups in total. The van der Waals surface area contributed by atoms with E-state index in [1.54, 1.807) is 24.3 Å². The van der Waals surface area contributed by atoms with Crippen LogP contribution in [-0.4, -0.2) is 42.6 Å². The van der Waals surface area contributed by atoms with Crippen molar-refractivity contribution in [3.63, 3.8) is 0 Å². The first-order valence-electron chi connectivity index (χ1n) is 10.5. The van der Waals surface area contributed by atoms with E-state index in [1.807, 2.05) is 61.7 Å². The predicted octanol–water partition coefficient (Wildman–Crippen LogP) is 4.00. The summed E-state index contributed by atoms with van der Waals surface area (Å²) in [6.45, 7) is 0. The predicted molar refractivity (Wildman–Crippen MR) is 140 cm³/mol. The molecule has 0 saturated heterocycles. The van der Waals surface area contributed by atoms with Gasteiger partial charge in [0, 0.05) is 18.3 Å². The number of anilines is 4. The van der Waals surface area contributed by atoms with Crippen molar-refractivity contribution in [2.75, 3.05) is 39.2 Å². The molecule has 0 amide bonds. The van der Waals surface area contributed by atoms with E-state index >= 15 is 0 Å². The van der Waals surface area contributed by atoms with E-state index in [1.165, 1.54) is 0 Å². The zero-order valence-electron chi connectivity index (χ0n) is 19.0. The highest BCUT2D eigenvalue weighted by molar-refractivity contribution is 7.92. The first kappa shape index (κ1) is 23.7. The van der Waals surface area contributed by atoms with Crippen molar-refractivity contribution in [1.82, 2.24) is 0 Å². The zero-order chi connectivity index (χ0) is 24.5. The molecule has 3 aromatic carbocycles. The van der Waals surface area contributed by atoms with Gasteiger partial charge in [0.25, 0.3) is 0 Å². The number of benzene rings is 3. The summed E-state index contributed by atoms with van der Waals surface area (Å²) in [5.41, 5.74) is 5.65. The Balaban J connectivity index is 1.53. The quantitative estimate of drug-likeness (QED) is 0.455. The van der Waals surface area contributed by atoms with E-state index in [9.17, 15) is 16.8 Å². The van der Waals surface area contributed by atoms with Gasteiger partial charge in [-0.3, -0.25) is 9.44 Å². The molecule has 0 bridgehead atoms. The van der Waals surface area contributed by atoms with Crippen LogP contribution in [-0.2, 0) is 20.0 Å². The van der Waals surface area contributed by atoms with Gasteiger partial charge in [0.15, 0.2) is 0 Å². The Bertz CT molecular complexity index is 1450. The van der Waals surface area contributed by atoms with Crippen LogP contribution in [0.1, 0.15) is 5.56 Å². The Morgan fingerprint density at radius 2 is 1.56 bits per heavy atom. The number of rotatable bonds is 7. The van der Waals surface area contributed by atoms with Crippen LogP contribution >= 0.6 is 0 Å². The van der Waals surface area contributed by atoms with Crippen molar-refractivity contribution in [1.29, 1.82) is 0 Å². The normalized spacial score (nSPS) is 15.7. The van der Waals surface area contributed by atoms with Crippen molar-refractivity contribution in [2.24, 2.45) is 0 Å². The van der Waals surface area contributed by atoms with E-state index in [2.05, 4.69) is 19.7 Å². The SMILES string of the molecule is CN1c2cc(-c3ccccc3NS(C)(=O)=O)ccc2NC1/C=C/c1ccc(NS(C)(=O)=O)cc1. The standard InChI is InChI=1S/C24H26N4O4S2/c1-28-23-16-18(20-6-4-5-7-21(20)27-34(3,31)32)11-14-22(23)25-24(28)15-10-17-8-12-19(13-9-17)26-33(2,29)30/h4-16,24-27H,1-3H3/b15-10+. The summed E-state index contributed by atoms with van der Waals surface area (Å²) in [6, 6.07) is 20.4. The van der Waals surface area contributed by atoms with Gasteiger partial charge in [-0.15, -0.1) is 0 Å². The number of para-hydroxylation sites is 1. The number of hydrogen-bond donors (Lipinski definition) is 3. The summed E-state index contributed by atoms with van der Waals surface area (Å²) in [6.07, 6.45) is 6.17. The monoisotopic (exact) mass is 498 g/mol. The van der Waals surface area contributed by atoms with Crippen LogP contribution < -0.4 is 19.7 Å². The molecule has 0 radical (unpaired) electrons. The molecule has 0 fully saturated rings. The molecule has 34 heavy (non-hydrogen) atoms. The minimum atomic E-state index is -3.40. The summed E-state index contributed by atoms with van der Waals surface area (Å²) in [4.78, 5) is 2.10. The van der Waals surface area contributed by atoms with Crippen LogP contribution in [0.15, 0.2) is 72.8 Å². The molecule has 8 nitrogen and oxygen atoms in total. The summed E-state index contributed by atoms with van der Waals surface area (Å²) in [7, 11) is -4.72. The third-order valence-corrected chi connectivity index (χ3v) is 6.51. The highest BCUT2D eigenvalue weighted by Crippen LogP contribution is 2.39. The fraction of sp³-hybridized carbons (Fsp3) is 0.167. The van der Waals surface area contributed by atoms with Crippen LogP contribution in [0.2, 0.25) is 0 Å². The molecule has 0 saturated carbocycles. The van der Waals surface area contributed by atoms with Gasteiger partial charge in [0.1, 0.15) is 6.17 Å². The molecule has 1 aliphatic rings. The molecular formula is C24H26N4O4S2. The summed E-state index contributed by atoms with van der Waals surface area (Å²) in [5, 5.41) is 3.46. The Labute approximate surface area is 200 Å². The lowest BCUT2D eigenvalue weighted by molar-refractivity contribution is 0.605. The van der Waals surface area contributed by atoms with Crippen LogP contribution in [0.4, 0.5) is 22.7 Å². The third-order valence-electron chi connectivity index (χ3n) is 5.32. The van der Waals surface area contributed by atoms with Crippen LogP contribution in [0.25, 0.3) is 17.2 Å². The summed E-state index contributed by atoms with van der Waals surface area (Å²) < 4.78 is 51.3. The van der Waals surface area contributed by atoms with Crippen molar-refractivity contribution in [2.45, 2.75) is 6.17 Å². The van der Waals surface area contributed by atoms with Gasteiger partial charge in [-0.2, -0.15) is 0 Å². The maximum atomic E-state index is 11.8. The summed E-state index contributed by atoms with van der Waals surface area (Å²) in [5.74, 6) is 0. The average Bonchev–Trinajstić information content (AvgIpc) is 3.06. The maximum absolute atomic E-state index is 11.8. The molecule has 1 atom stereocenters. The second-order valence-corrected chi connectivity index (χ2v) is 11.7. The van der Waals surface area contributed by atoms with Crippen molar-refractivity contribution < 1.29 is 16.8 Å². The molecule has 1 unspecified atom stereocenters. The second kappa shape index (κ2) is 9.03. The molecule has 0 aliphatic carbocycles. The lowest BCUT2D eigenvalue weighted by Gasteiger charge is -2.19. The molecule has 4 rings (SSSR count). The van der Waals surface area contributed by atoms with Crippen LogP contribution in [0.3, 0.4) is 0 Å². The Morgan fingerprint density at radius 1 is 0.882 bits per heavy atom. The molecule has 10 heteroatoms. The fourth-order valence-corrected chi connectivity index (χ4v) is 4.94. The smallest absolute Gasteiger partial charge is 0.229 e. The van der Waals surface area contributed by atoms with Crippen LogP contribution in [0, 0.1) is 0 Å².